The van der Waals surface area contributed by atoms with E-state index in [9.17, 15) is 13.6 Å². The SMILES string of the molecule is CC1C[C-]=C(c2c(F)cc(O)cc2F)N(C)C1=O.[Y]. The van der Waals surface area contributed by atoms with Crippen molar-refractivity contribution in [1.29, 1.82) is 0 Å². The van der Waals surface area contributed by atoms with E-state index in [1.165, 1.54) is 11.9 Å². The number of aromatic hydroxyl groups is 1. The van der Waals surface area contributed by atoms with Crippen LogP contribution in [0.25, 0.3) is 5.70 Å². The number of allylic oxidation sites excluding steroid dienone is 1. The molecule has 0 saturated heterocycles. The molecular weight excluding hydrogens is 329 g/mol. The van der Waals surface area contributed by atoms with E-state index >= 15 is 0 Å². The number of phenols is 1. The van der Waals surface area contributed by atoms with Gasteiger partial charge in [-0.1, -0.05) is 18.9 Å². The fraction of sp³-hybridized carbons (Fsp3) is 0.308. The molecule has 1 aliphatic heterocycles. The Labute approximate surface area is 135 Å². The van der Waals surface area contributed by atoms with Crippen LogP contribution < -0.4 is 0 Å². The van der Waals surface area contributed by atoms with Crippen LogP contribution in [0.15, 0.2) is 12.1 Å². The molecule has 0 fully saturated rings. The molecule has 1 N–H and O–H groups in total. The maximum Gasteiger partial charge on any atom is 0.225 e. The van der Waals surface area contributed by atoms with Gasteiger partial charge in [-0.3, -0.25) is 4.79 Å². The summed E-state index contributed by atoms with van der Waals surface area (Å²) >= 11 is 0. The Hall–Kier alpha value is -0.806. The first-order valence-electron chi connectivity index (χ1n) is 5.48. The number of carbonyl (C=O) groups excluding carboxylic acids is 1. The number of hydrogen-bond donors (Lipinski definition) is 1. The molecule has 1 aromatic carbocycles. The zero-order valence-corrected chi connectivity index (χ0v) is 13.4. The van der Waals surface area contributed by atoms with Gasteiger partial charge in [0.2, 0.25) is 5.91 Å². The van der Waals surface area contributed by atoms with Gasteiger partial charge in [-0.15, -0.1) is 5.70 Å². The van der Waals surface area contributed by atoms with Crippen LogP contribution in [0, 0.1) is 23.6 Å². The predicted octanol–water partition coefficient (Wildman–Crippen LogP) is 2.31. The van der Waals surface area contributed by atoms with Crippen molar-refractivity contribution in [2.45, 2.75) is 13.3 Å². The van der Waals surface area contributed by atoms with Crippen LogP contribution in [0.3, 0.4) is 0 Å². The summed E-state index contributed by atoms with van der Waals surface area (Å²) in [6, 6.07) is 1.62. The molecule has 99 valence electrons. The number of amides is 1. The summed E-state index contributed by atoms with van der Waals surface area (Å²) < 4.78 is 27.4. The van der Waals surface area contributed by atoms with Crippen molar-refractivity contribution >= 4 is 11.6 Å². The molecule has 1 atom stereocenters. The maximum atomic E-state index is 13.7. The van der Waals surface area contributed by atoms with E-state index in [0.717, 1.165) is 12.1 Å². The van der Waals surface area contributed by atoms with Gasteiger partial charge in [0.25, 0.3) is 0 Å². The standard InChI is InChI=1S/C13H12F2NO2.Y/c1-7-3-4-11(16(2)13(7)18)12-9(14)5-8(17)6-10(12)15;/h5-7,17H,3H2,1-2H3;/q-1;. The zero-order valence-electron chi connectivity index (χ0n) is 10.6. The minimum atomic E-state index is -0.913. The average molecular weight is 341 g/mol. The molecule has 0 saturated carbocycles. The topological polar surface area (TPSA) is 40.5 Å². The van der Waals surface area contributed by atoms with Crippen LogP contribution in [0.4, 0.5) is 8.78 Å². The van der Waals surface area contributed by atoms with Gasteiger partial charge >= 0.3 is 0 Å². The van der Waals surface area contributed by atoms with E-state index in [1.54, 1.807) is 6.92 Å². The predicted molar refractivity (Wildman–Crippen MR) is 61.2 cm³/mol. The molecule has 1 unspecified atom stereocenters. The summed E-state index contributed by atoms with van der Waals surface area (Å²) in [5.41, 5.74) is -0.261. The average Bonchev–Trinajstić information content (AvgIpc) is 2.28. The van der Waals surface area contributed by atoms with E-state index < -0.39 is 17.4 Å². The molecule has 1 radical (unpaired) electrons. The van der Waals surface area contributed by atoms with E-state index in [0.29, 0.717) is 6.42 Å². The van der Waals surface area contributed by atoms with Crippen molar-refractivity contribution in [3.8, 4) is 5.75 Å². The van der Waals surface area contributed by atoms with Crippen molar-refractivity contribution in [3.05, 3.63) is 35.4 Å². The number of carbonyl (C=O) groups is 1. The number of benzene rings is 1. The zero-order chi connectivity index (χ0) is 13.4. The van der Waals surface area contributed by atoms with Gasteiger partial charge in [0.1, 0.15) is 5.75 Å². The Morgan fingerprint density at radius 2 is 1.89 bits per heavy atom. The van der Waals surface area contributed by atoms with Crippen LogP contribution in [-0.2, 0) is 37.5 Å². The van der Waals surface area contributed by atoms with Crippen LogP contribution in [0.2, 0.25) is 0 Å². The van der Waals surface area contributed by atoms with Gasteiger partial charge in [0.05, 0.1) is 11.6 Å². The van der Waals surface area contributed by atoms with Crippen LogP contribution in [-0.4, -0.2) is 23.0 Å². The monoisotopic (exact) mass is 341 g/mol. The Morgan fingerprint density at radius 1 is 1.37 bits per heavy atom. The smallest absolute Gasteiger partial charge is 0.225 e. The molecule has 0 spiro atoms. The van der Waals surface area contributed by atoms with E-state index in [1.807, 2.05) is 0 Å². The summed E-state index contributed by atoms with van der Waals surface area (Å²) in [5.74, 6) is -2.78. The second-order valence-electron chi connectivity index (χ2n) is 4.31. The molecule has 1 heterocycles. The summed E-state index contributed by atoms with van der Waals surface area (Å²) in [6.07, 6.45) is 3.14. The molecule has 3 nitrogen and oxygen atoms in total. The van der Waals surface area contributed by atoms with Crippen molar-refractivity contribution < 1.29 is 51.4 Å². The first-order valence-corrected chi connectivity index (χ1v) is 5.48. The third-order valence-electron chi connectivity index (χ3n) is 2.93. The molecule has 19 heavy (non-hydrogen) atoms. The maximum absolute atomic E-state index is 13.7. The molecule has 0 bridgehead atoms. The number of rotatable bonds is 1. The molecule has 6 heteroatoms. The van der Waals surface area contributed by atoms with Crippen molar-refractivity contribution in [1.82, 2.24) is 4.90 Å². The number of hydrogen-bond acceptors (Lipinski definition) is 2. The van der Waals surface area contributed by atoms with Crippen molar-refractivity contribution in [3.63, 3.8) is 0 Å². The Morgan fingerprint density at radius 3 is 2.42 bits per heavy atom. The van der Waals surface area contributed by atoms with Crippen LogP contribution >= 0.6 is 0 Å². The van der Waals surface area contributed by atoms with E-state index in [4.69, 9.17) is 5.11 Å². The number of halogens is 2. The molecule has 1 aliphatic rings. The largest absolute Gasteiger partial charge is 0.508 e. The van der Waals surface area contributed by atoms with Gasteiger partial charge in [-0.2, -0.15) is 0 Å². The second-order valence-corrected chi connectivity index (χ2v) is 4.31. The molecule has 0 aliphatic carbocycles. The minimum absolute atomic E-state index is 0. The Kier molecular flexibility index (Phi) is 5.21. The molecule has 2 rings (SSSR count). The third-order valence-corrected chi connectivity index (χ3v) is 2.93. The van der Waals surface area contributed by atoms with E-state index in [2.05, 4.69) is 6.08 Å². The van der Waals surface area contributed by atoms with Crippen molar-refractivity contribution in [2.75, 3.05) is 7.05 Å². The van der Waals surface area contributed by atoms with Gasteiger partial charge in [0.15, 0.2) is 0 Å². The molecular formula is C13H12F2NO2Y-. The fourth-order valence-electron chi connectivity index (χ4n) is 1.94. The first-order chi connectivity index (χ1) is 8.41. The second kappa shape index (κ2) is 6.10. The van der Waals surface area contributed by atoms with Crippen LogP contribution in [0.5, 0.6) is 5.75 Å². The molecule has 0 aromatic heterocycles. The Balaban J connectivity index is 0.00000180. The van der Waals surface area contributed by atoms with Crippen LogP contribution in [0.1, 0.15) is 18.9 Å². The summed E-state index contributed by atoms with van der Waals surface area (Å²) in [7, 11) is 1.45. The quantitative estimate of drug-likeness (QED) is 0.797. The van der Waals surface area contributed by atoms with Gasteiger partial charge in [0, 0.05) is 45.7 Å². The fourth-order valence-corrected chi connectivity index (χ4v) is 1.94. The van der Waals surface area contributed by atoms with Crippen molar-refractivity contribution in [2.24, 2.45) is 5.92 Å². The first kappa shape index (κ1) is 16.2. The Bertz CT molecular complexity index is 522. The summed E-state index contributed by atoms with van der Waals surface area (Å²) in [6.45, 7) is 1.73. The number of nitrogens with zero attached hydrogens (tertiary/aromatic N) is 1. The number of phenolic OH excluding ortho intramolecular Hbond substituents is 1. The third kappa shape index (κ3) is 3.03. The summed E-state index contributed by atoms with van der Waals surface area (Å²) in [5, 5.41) is 9.09. The summed E-state index contributed by atoms with van der Waals surface area (Å²) in [4.78, 5) is 13.0. The van der Waals surface area contributed by atoms with E-state index in [-0.39, 0.29) is 55.8 Å². The minimum Gasteiger partial charge on any atom is -0.508 e. The van der Waals surface area contributed by atoms with Gasteiger partial charge < -0.3 is 10.0 Å². The van der Waals surface area contributed by atoms with Gasteiger partial charge in [-0.05, 0) is 12.1 Å². The van der Waals surface area contributed by atoms with Gasteiger partial charge in [-0.25, -0.2) is 14.9 Å². The molecule has 1 aromatic rings. The normalized spacial score (nSPS) is 18.9. The molecule has 1 amide bonds.